The second kappa shape index (κ2) is 9.41. The quantitative estimate of drug-likeness (QED) is 0.677. The van der Waals surface area contributed by atoms with Crippen LogP contribution < -0.4 is 4.90 Å². The Hall–Kier alpha value is -2.09. The molecule has 0 spiro atoms. The molecule has 0 N–H and O–H groups in total. The molecule has 2 aromatic rings. The van der Waals surface area contributed by atoms with Crippen LogP contribution in [-0.4, -0.2) is 12.3 Å². The number of carbonyl (C=O) groups is 1. The first-order chi connectivity index (χ1) is 12.3. The zero-order valence-corrected chi connectivity index (χ0v) is 15.1. The SMILES string of the molecule is O=C1CCCCC1.c1ccc(C2CCCCN2c2ccccc2)cc1. The van der Waals surface area contributed by atoms with Gasteiger partial charge in [-0.3, -0.25) is 4.79 Å². The molecule has 1 saturated heterocycles. The Morgan fingerprint density at radius 2 is 1.36 bits per heavy atom. The van der Waals surface area contributed by atoms with Gasteiger partial charge in [-0.25, -0.2) is 0 Å². The van der Waals surface area contributed by atoms with Crippen LogP contribution in [0.4, 0.5) is 5.69 Å². The fourth-order valence-corrected chi connectivity index (χ4v) is 3.83. The topological polar surface area (TPSA) is 20.3 Å². The van der Waals surface area contributed by atoms with Crippen molar-refractivity contribution < 1.29 is 4.79 Å². The maximum Gasteiger partial charge on any atom is 0.132 e. The second-order valence-electron chi connectivity index (χ2n) is 7.05. The summed E-state index contributed by atoms with van der Waals surface area (Å²) in [4.78, 5) is 13.0. The first kappa shape index (κ1) is 17.7. The minimum Gasteiger partial charge on any atom is -0.364 e. The van der Waals surface area contributed by atoms with Crippen molar-refractivity contribution in [2.75, 3.05) is 11.4 Å². The number of piperidine rings is 1. The number of anilines is 1. The van der Waals surface area contributed by atoms with Gasteiger partial charge in [0.25, 0.3) is 0 Å². The molecule has 4 rings (SSSR count). The summed E-state index contributed by atoms with van der Waals surface area (Å²) >= 11 is 0. The molecule has 25 heavy (non-hydrogen) atoms. The molecule has 132 valence electrons. The molecule has 2 nitrogen and oxygen atoms in total. The monoisotopic (exact) mass is 335 g/mol. The average molecular weight is 335 g/mol. The van der Waals surface area contributed by atoms with Gasteiger partial charge in [-0.05, 0) is 49.8 Å². The van der Waals surface area contributed by atoms with Gasteiger partial charge in [-0.2, -0.15) is 0 Å². The molecule has 0 bridgehead atoms. The zero-order valence-electron chi connectivity index (χ0n) is 15.1. The van der Waals surface area contributed by atoms with Crippen LogP contribution in [0.2, 0.25) is 0 Å². The molecule has 1 aliphatic carbocycles. The van der Waals surface area contributed by atoms with E-state index in [9.17, 15) is 4.79 Å². The Bertz CT molecular complexity index is 582. The summed E-state index contributed by atoms with van der Waals surface area (Å²) in [5, 5.41) is 0. The number of para-hydroxylation sites is 1. The number of nitrogens with zero attached hydrogens (tertiary/aromatic N) is 1. The maximum atomic E-state index is 10.5. The fourth-order valence-electron chi connectivity index (χ4n) is 3.83. The molecule has 2 fully saturated rings. The van der Waals surface area contributed by atoms with E-state index in [4.69, 9.17) is 0 Å². The van der Waals surface area contributed by atoms with Crippen LogP contribution in [0.15, 0.2) is 60.7 Å². The molecular weight excluding hydrogens is 306 g/mol. The Balaban J connectivity index is 0.000000219. The van der Waals surface area contributed by atoms with Gasteiger partial charge in [0.05, 0.1) is 6.04 Å². The molecule has 0 amide bonds. The van der Waals surface area contributed by atoms with Gasteiger partial charge in [0, 0.05) is 25.1 Å². The summed E-state index contributed by atoms with van der Waals surface area (Å²) < 4.78 is 0. The molecular formula is C23H29NO. The van der Waals surface area contributed by atoms with Crippen LogP contribution in [0.5, 0.6) is 0 Å². The number of rotatable bonds is 2. The molecule has 2 aliphatic rings. The van der Waals surface area contributed by atoms with Crippen molar-refractivity contribution in [3.05, 3.63) is 66.2 Å². The van der Waals surface area contributed by atoms with Crippen molar-refractivity contribution in [2.45, 2.75) is 57.4 Å². The number of benzene rings is 2. The molecule has 1 aliphatic heterocycles. The second-order valence-corrected chi connectivity index (χ2v) is 7.05. The van der Waals surface area contributed by atoms with E-state index in [-0.39, 0.29) is 0 Å². The minimum absolute atomic E-state index is 0.464. The maximum absolute atomic E-state index is 10.5. The molecule has 1 heterocycles. The van der Waals surface area contributed by atoms with Crippen molar-refractivity contribution in [1.82, 2.24) is 0 Å². The molecule has 1 unspecified atom stereocenters. The lowest BCUT2D eigenvalue weighted by molar-refractivity contribution is -0.120. The first-order valence-corrected chi connectivity index (χ1v) is 9.73. The largest absolute Gasteiger partial charge is 0.364 e. The molecule has 0 aromatic heterocycles. The van der Waals surface area contributed by atoms with Crippen LogP contribution in [0.1, 0.15) is 63.0 Å². The summed E-state index contributed by atoms with van der Waals surface area (Å²) in [6.45, 7) is 1.17. The van der Waals surface area contributed by atoms with Crippen LogP contribution in [0, 0.1) is 0 Å². The van der Waals surface area contributed by atoms with E-state index in [2.05, 4.69) is 65.6 Å². The van der Waals surface area contributed by atoms with E-state index in [0.29, 0.717) is 11.8 Å². The van der Waals surface area contributed by atoms with Gasteiger partial charge >= 0.3 is 0 Å². The van der Waals surface area contributed by atoms with Crippen molar-refractivity contribution in [3.8, 4) is 0 Å². The van der Waals surface area contributed by atoms with E-state index in [1.54, 1.807) is 0 Å². The summed E-state index contributed by atoms with van der Waals surface area (Å²) in [5.74, 6) is 0.464. The van der Waals surface area contributed by atoms with E-state index < -0.39 is 0 Å². The van der Waals surface area contributed by atoms with E-state index in [0.717, 1.165) is 25.7 Å². The number of hydrogen-bond acceptors (Lipinski definition) is 2. The third-order valence-electron chi connectivity index (χ3n) is 5.19. The number of Topliss-reactive ketones (excluding diaryl/α,β-unsaturated/α-hetero) is 1. The van der Waals surface area contributed by atoms with Crippen LogP contribution in [-0.2, 0) is 4.79 Å². The van der Waals surface area contributed by atoms with Crippen LogP contribution in [0.25, 0.3) is 0 Å². The van der Waals surface area contributed by atoms with Gasteiger partial charge in [-0.15, -0.1) is 0 Å². The standard InChI is InChI=1S/C17H19N.C6H10O/c1-3-9-15(10-4-1)17-13-7-8-14-18(17)16-11-5-2-6-12-16;7-6-4-2-1-3-5-6/h1-6,9-12,17H,7-8,13-14H2;1-5H2. The predicted molar refractivity (Wildman–Crippen MR) is 105 cm³/mol. The summed E-state index contributed by atoms with van der Waals surface area (Å²) in [7, 11) is 0. The lowest BCUT2D eigenvalue weighted by Gasteiger charge is -2.38. The molecule has 0 radical (unpaired) electrons. The van der Waals surface area contributed by atoms with E-state index >= 15 is 0 Å². The lowest BCUT2D eigenvalue weighted by Crippen LogP contribution is -2.33. The van der Waals surface area contributed by atoms with E-state index in [1.807, 2.05) is 0 Å². The Morgan fingerprint density at radius 1 is 0.720 bits per heavy atom. The molecule has 1 atom stereocenters. The van der Waals surface area contributed by atoms with Gasteiger partial charge in [-0.1, -0.05) is 55.0 Å². The highest BCUT2D eigenvalue weighted by atomic mass is 16.1. The van der Waals surface area contributed by atoms with Crippen molar-refractivity contribution in [2.24, 2.45) is 0 Å². The van der Waals surface area contributed by atoms with Gasteiger partial charge in [0.2, 0.25) is 0 Å². The minimum atomic E-state index is 0.464. The van der Waals surface area contributed by atoms with Gasteiger partial charge in [0.1, 0.15) is 5.78 Å². The Kier molecular flexibility index (Phi) is 6.67. The summed E-state index contributed by atoms with van der Waals surface area (Å²) in [6, 6.07) is 22.2. The fraction of sp³-hybridized carbons (Fsp3) is 0.435. The smallest absolute Gasteiger partial charge is 0.132 e. The van der Waals surface area contributed by atoms with Crippen molar-refractivity contribution >= 4 is 11.5 Å². The normalized spacial score (nSPS) is 20.6. The summed E-state index contributed by atoms with van der Waals surface area (Å²) in [6.07, 6.45) is 9.14. The Labute approximate surface area is 151 Å². The highest BCUT2D eigenvalue weighted by Crippen LogP contribution is 2.34. The number of ketones is 1. The molecule has 2 heteroatoms. The van der Waals surface area contributed by atoms with Crippen molar-refractivity contribution in [1.29, 1.82) is 0 Å². The average Bonchev–Trinajstić information content (AvgIpc) is 2.70. The predicted octanol–water partition coefficient (Wildman–Crippen LogP) is 5.94. The zero-order chi connectivity index (χ0) is 17.3. The molecule has 2 aromatic carbocycles. The highest BCUT2D eigenvalue weighted by molar-refractivity contribution is 5.78. The lowest BCUT2D eigenvalue weighted by atomic mass is 9.94. The van der Waals surface area contributed by atoms with E-state index in [1.165, 1.54) is 43.5 Å². The summed E-state index contributed by atoms with van der Waals surface area (Å²) in [5.41, 5.74) is 2.80. The van der Waals surface area contributed by atoms with Gasteiger partial charge in [0.15, 0.2) is 0 Å². The highest BCUT2D eigenvalue weighted by Gasteiger charge is 2.23. The number of carbonyl (C=O) groups excluding carboxylic acids is 1. The van der Waals surface area contributed by atoms with Crippen LogP contribution in [0.3, 0.4) is 0 Å². The Morgan fingerprint density at radius 3 is 1.96 bits per heavy atom. The number of hydrogen-bond donors (Lipinski definition) is 0. The van der Waals surface area contributed by atoms with Crippen molar-refractivity contribution in [3.63, 3.8) is 0 Å². The third kappa shape index (κ3) is 5.19. The van der Waals surface area contributed by atoms with Gasteiger partial charge < -0.3 is 4.90 Å². The van der Waals surface area contributed by atoms with Crippen LogP contribution >= 0.6 is 0 Å². The molecule has 1 saturated carbocycles. The first-order valence-electron chi connectivity index (χ1n) is 9.73. The third-order valence-corrected chi connectivity index (χ3v) is 5.19.